The van der Waals surface area contributed by atoms with E-state index in [0.29, 0.717) is 10.1 Å². The second-order valence-corrected chi connectivity index (χ2v) is 5.10. The van der Waals surface area contributed by atoms with E-state index in [1.807, 2.05) is 6.92 Å². The number of nitro groups is 1. The number of anilines is 1. The maximum absolute atomic E-state index is 11.7. The predicted molar refractivity (Wildman–Crippen MR) is 75.1 cm³/mol. The molecule has 0 aliphatic heterocycles. The Bertz CT molecular complexity index is 666. The van der Waals surface area contributed by atoms with Crippen LogP contribution in [-0.4, -0.2) is 26.2 Å². The summed E-state index contributed by atoms with van der Waals surface area (Å²) in [7, 11) is 0. The van der Waals surface area contributed by atoms with Gasteiger partial charge in [-0.05, 0) is 6.42 Å². The maximum Gasteiger partial charge on any atom is 0.285 e. The normalized spacial score (nSPS) is 10.4. The molecule has 0 radical (unpaired) electrons. The Morgan fingerprint density at radius 2 is 2.25 bits per heavy atom. The van der Waals surface area contributed by atoms with Crippen molar-refractivity contribution in [3.05, 3.63) is 43.8 Å². The first kappa shape index (κ1) is 14.1. The molecule has 0 atom stereocenters. The Hall–Kier alpha value is -2.29. The van der Waals surface area contributed by atoms with Gasteiger partial charge in [-0.3, -0.25) is 14.9 Å². The fourth-order valence-corrected chi connectivity index (χ4v) is 2.28. The molecule has 2 aromatic rings. The van der Waals surface area contributed by atoms with Crippen molar-refractivity contribution in [1.29, 1.82) is 0 Å². The van der Waals surface area contributed by atoms with Crippen LogP contribution < -0.4 is 10.9 Å². The average molecular weight is 295 g/mol. The standard InChI is InChI=1S/C11H13N5O3S/c1-2-5-12-11-14-13-9(20-11)7-15-6-8(16(18)19)3-4-10(15)17/h3-4,6H,2,5,7H2,1H3,(H,12,14). The second-order valence-electron chi connectivity index (χ2n) is 4.04. The van der Waals surface area contributed by atoms with Crippen LogP contribution in [0.4, 0.5) is 10.8 Å². The number of pyridine rings is 1. The SMILES string of the molecule is CCCNc1nnc(Cn2cc([N+](=O)[O-])ccc2=O)s1. The molecular formula is C11H13N5O3S. The molecule has 106 valence electrons. The molecule has 0 aliphatic carbocycles. The van der Waals surface area contributed by atoms with Gasteiger partial charge in [-0.2, -0.15) is 0 Å². The molecule has 0 fully saturated rings. The molecule has 9 heteroatoms. The Labute approximate surface area is 118 Å². The number of nitrogens with zero attached hydrogens (tertiary/aromatic N) is 4. The molecule has 1 N–H and O–H groups in total. The lowest BCUT2D eigenvalue weighted by Gasteiger charge is -2.01. The molecule has 2 heterocycles. The molecule has 0 spiro atoms. The third kappa shape index (κ3) is 3.38. The van der Waals surface area contributed by atoms with Crippen molar-refractivity contribution in [2.45, 2.75) is 19.9 Å². The number of hydrogen-bond donors (Lipinski definition) is 1. The lowest BCUT2D eigenvalue weighted by Crippen LogP contribution is -2.19. The van der Waals surface area contributed by atoms with E-state index < -0.39 is 4.92 Å². The molecule has 0 bridgehead atoms. The quantitative estimate of drug-likeness (QED) is 0.639. The van der Waals surface area contributed by atoms with Gasteiger partial charge in [0.05, 0.1) is 17.7 Å². The van der Waals surface area contributed by atoms with Crippen LogP contribution in [-0.2, 0) is 6.54 Å². The third-order valence-electron chi connectivity index (χ3n) is 2.48. The maximum atomic E-state index is 11.7. The number of aromatic nitrogens is 3. The van der Waals surface area contributed by atoms with Gasteiger partial charge in [-0.1, -0.05) is 18.3 Å². The van der Waals surface area contributed by atoms with E-state index in [4.69, 9.17) is 0 Å². The summed E-state index contributed by atoms with van der Waals surface area (Å²) in [5, 5.41) is 23.0. The Morgan fingerprint density at radius 3 is 2.95 bits per heavy atom. The first-order valence-electron chi connectivity index (χ1n) is 6.01. The van der Waals surface area contributed by atoms with Crippen LogP contribution in [0.1, 0.15) is 18.4 Å². The fraction of sp³-hybridized carbons (Fsp3) is 0.364. The second kappa shape index (κ2) is 6.24. The summed E-state index contributed by atoms with van der Waals surface area (Å²) in [6.07, 6.45) is 2.18. The van der Waals surface area contributed by atoms with Crippen LogP contribution in [0.25, 0.3) is 0 Å². The Kier molecular flexibility index (Phi) is 4.41. The van der Waals surface area contributed by atoms with Gasteiger partial charge in [0.1, 0.15) is 5.01 Å². The largest absolute Gasteiger partial charge is 0.360 e. The number of rotatable bonds is 6. The summed E-state index contributed by atoms with van der Waals surface area (Å²) in [4.78, 5) is 21.8. The molecule has 20 heavy (non-hydrogen) atoms. The first-order valence-corrected chi connectivity index (χ1v) is 6.83. The minimum absolute atomic E-state index is 0.126. The van der Waals surface area contributed by atoms with E-state index in [2.05, 4.69) is 15.5 Å². The molecule has 0 saturated carbocycles. The van der Waals surface area contributed by atoms with Crippen molar-refractivity contribution in [2.75, 3.05) is 11.9 Å². The van der Waals surface area contributed by atoms with E-state index >= 15 is 0 Å². The van der Waals surface area contributed by atoms with E-state index in [9.17, 15) is 14.9 Å². The zero-order valence-corrected chi connectivity index (χ0v) is 11.6. The summed E-state index contributed by atoms with van der Waals surface area (Å²) in [6.45, 7) is 3.01. The average Bonchev–Trinajstić information content (AvgIpc) is 2.86. The molecule has 0 amide bonds. The van der Waals surface area contributed by atoms with Gasteiger partial charge in [-0.15, -0.1) is 10.2 Å². The number of hydrogen-bond acceptors (Lipinski definition) is 7. The Morgan fingerprint density at radius 1 is 1.45 bits per heavy atom. The van der Waals surface area contributed by atoms with Gasteiger partial charge in [-0.25, -0.2) is 0 Å². The predicted octanol–water partition coefficient (Wildman–Crippen LogP) is 1.48. The minimum atomic E-state index is -0.537. The summed E-state index contributed by atoms with van der Waals surface area (Å²) in [6, 6.07) is 2.36. The lowest BCUT2D eigenvalue weighted by atomic mass is 10.4. The topological polar surface area (TPSA) is 103 Å². The molecule has 0 unspecified atom stereocenters. The summed E-state index contributed by atoms with van der Waals surface area (Å²) < 4.78 is 1.25. The molecule has 2 aromatic heterocycles. The highest BCUT2D eigenvalue weighted by atomic mass is 32.1. The van der Waals surface area contributed by atoms with Crippen molar-refractivity contribution in [2.24, 2.45) is 0 Å². The first-order chi connectivity index (χ1) is 9.60. The highest BCUT2D eigenvalue weighted by Gasteiger charge is 2.10. The van der Waals surface area contributed by atoms with Crippen LogP contribution in [0, 0.1) is 10.1 Å². The van der Waals surface area contributed by atoms with Crippen LogP contribution >= 0.6 is 11.3 Å². The zero-order valence-electron chi connectivity index (χ0n) is 10.8. The Balaban J connectivity index is 2.17. The molecule has 8 nitrogen and oxygen atoms in total. The van der Waals surface area contributed by atoms with Crippen LogP contribution in [0.5, 0.6) is 0 Å². The molecular weight excluding hydrogens is 282 g/mol. The van der Waals surface area contributed by atoms with Gasteiger partial charge in [0.2, 0.25) is 5.13 Å². The molecule has 0 aromatic carbocycles. The number of nitrogens with one attached hydrogen (secondary N) is 1. The van der Waals surface area contributed by atoms with Crippen molar-refractivity contribution < 1.29 is 4.92 Å². The van der Waals surface area contributed by atoms with Crippen LogP contribution in [0.2, 0.25) is 0 Å². The fourth-order valence-electron chi connectivity index (χ4n) is 1.52. The summed E-state index contributed by atoms with van der Waals surface area (Å²) >= 11 is 1.33. The molecule has 0 saturated heterocycles. The van der Waals surface area contributed by atoms with Crippen molar-refractivity contribution >= 4 is 22.2 Å². The van der Waals surface area contributed by atoms with Crippen molar-refractivity contribution in [1.82, 2.24) is 14.8 Å². The monoisotopic (exact) mass is 295 g/mol. The lowest BCUT2D eigenvalue weighted by molar-refractivity contribution is -0.385. The van der Waals surface area contributed by atoms with Crippen molar-refractivity contribution in [3.63, 3.8) is 0 Å². The molecule has 2 rings (SSSR count). The third-order valence-corrected chi connectivity index (χ3v) is 3.34. The zero-order chi connectivity index (χ0) is 14.5. The van der Waals surface area contributed by atoms with E-state index in [1.54, 1.807) is 0 Å². The summed E-state index contributed by atoms with van der Waals surface area (Å²) in [5.41, 5.74) is -0.438. The van der Waals surface area contributed by atoms with Gasteiger partial charge < -0.3 is 9.88 Å². The van der Waals surface area contributed by atoms with E-state index in [1.165, 1.54) is 34.2 Å². The van der Waals surface area contributed by atoms with Crippen LogP contribution in [0.3, 0.4) is 0 Å². The van der Waals surface area contributed by atoms with Gasteiger partial charge in [0.15, 0.2) is 0 Å². The summed E-state index contributed by atoms with van der Waals surface area (Å²) in [5.74, 6) is 0. The van der Waals surface area contributed by atoms with E-state index in [0.717, 1.165) is 13.0 Å². The minimum Gasteiger partial charge on any atom is -0.360 e. The smallest absolute Gasteiger partial charge is 0.285 e. The van der Waals surface area contributed by atoms with Gasteiger partial charge >= 0.3 is 0 Å². The van der Waals surface area contributed by atoms with E-state index in [-0.39, 0.29) is 17.8 Å². The highest BCUT2D eigenvalue weighted by molar-refractivity contribution is 7.15. The highest BCUT2D eigenvalue weighted by Crippen LogP contribution is 2.16. The van der Waals surface area contributed by atoms with Crippen LogP contribution in [0.15, 0.2) is 23.1 Å². The van der Waals surface area contributed by atoms with Crippen molar-refractivity contribution in [3.8, 4) is 0 Å². The molecule has 0 aliphatic rings. The van der Waals surface area contributed by atoms with Gasteiger partial charge in [0, 0.05) is 18.7 Å². The van der Waals surface area contributed by atoms with Gasteiger partial charge in [0.25, 0.3) is 11.2 Å².